The van der Waals surface area contributed by atoms with Crippen molar-refractivity contribution in [1.82, 2.24) is 15.2 Å². The number of hydrogen-bond acceptors (Lipinski definition) is 5. The SMILES string of the molecule is Cc1ncc(-c2nnco2)o1. The smallest absolute Gasteiger partial charge is 0.285 e. The van der Waals surface area contributed by atoms with E-state index in [-0.39, 0.29) is 0 Å². The summed E-state index contributed by atoms with van der Waals surface area (Å²) < 4.78 is 10.00. The van der Waals surface area contributed by atoms with Gasteiger partial charge >= 0.3 is 0 Å². The van der Waals surface area contributed by atoms with Gasteiger partial charge in [-0.25, -0.2) is 4.98 Å². The Hall–Kier alpha value is -1.65. The maximum Gasteiger partial charge on any atom is 0.285 e. The summed E-state index contributed by atoms with van der Waals surface area (Å²) in [4.78, 5) is 3.88. The third-order valence-corrected chi connectivity index (χ3v) is 1.19. The van der Waals surface area contributed by atoms with Crippen molar-refractivity contribution in [1.29, 1.82) is 0 Å². The van der Waals surface area contributed by atoms with Crippen molar-refractivity contribution >= 4 is 0 Å². The number of aryl methyl sites for hydroxylation is 1. The van der Waals surface area contributed by atoms with Crippen LogP contribution in [0.15, 0.2) is 21.4 Å². The van der Waals surface area contributed by atoms with Gasteiger partial charge in [-0.2, -0.15) is 0 Å². The Morgan fingerprint density at radius 3 is 2.91 bits per heavy atom. The van der Waals surface area contributed by atoms with Gasteiger partial charge in [0, 0.05) is 6.92 Å². The normalized spacial score (nSPS) is 10.3. The first-order valence-electron chi connectivity index (χ1n) is 3.05. The first-order chi connectivity index (χ1) is 5.36. The van der Waals surface area contributed by atoms with Crippen LogP contribution in [0.25, 0.3) is 11.7 Å². The molecule has 5 nitrogen and oxygen atoms in total. The van der Waals surface area contributed by atoms with Crippen molar-refractivity contribution in [3.63, 3.8) is 0 Å². The van der Waals surface area contributed by atoms with Gasteiger partial charge in [-0.3, -0.25) is 0 Å². The van der Waals surface area contributed by atoms with Crippen LogP contribution in [-0.2, 0) is 0 Å². The third kappa shape index (κ3) is 1.000. The molecule has 2 rings (SSSR count). The molecule has 0 aliphatic carbocycles. The van der Waals surface area contributed by atoms with Crippen LogP contribution >= 0.6 is 0 Å². The van der Waals surface area contributed by atoms with Gasteiger partial charge < -0.3 is 8.83 Å². The van der Waals surface area contributed by atoms with Crippen molar-refractivity contribution in [2.45, 2.75) is 6.92 Å². The zero-order valence-corrected chi connectivity index (χ0v) is 5.81. The summed E-state index contributed by atoms with van der Waals surface area (Å²) in [5, 5.41) is 7.15. The summed E-state index contributed by atoms with van der Waals surface area (Å²) >= 11 is 0. The van der Waals surface area contributed by atoms with E-state index in [0.29, 0.717) is 17.5 Å². The minimum absolute atomic E-state index is 0.352. The second kappa shape index (κ2) is 2.19. The molecule has 0 amide bonds. The van der Waals surface area contributed by atoms with Crippen LogP contribution < -0.4 is 0 Å². The Morgan fingerprint density at radius 2 is 2.36 bits per heavy atom. The molecule has 0 aromatic carbocycles. The zero-order chi connectivity index (χ0) is 7.68. The summed E-state index contributed by atoms with van der Waals surface area (Å²) in [5.74, 6) is 1.43. The largest absolute Gasteiger partial charge is 0.436 e. The van der Waals surface area contributed by atoms with Crippen molar-refractivity contribution in [3.8, 4) is 11.7 Å². The molecule has 0 atom stereocenters. The molecule has 2 heterocycles. The maximum absolute atomic E-state index is 5.12. The van der Waals surface area contributed by atoms with Gasteiger partial charge in [0.15, 0.2) is 5.89 Å². The summed E-state index contributed by atoms with van der Waals surface area (Å²) in [6.07, 6.45) is 2.79. The molecule has 0 radical (unpaired) electrons. The van der Waals surface area contributed by atoms with Gasteiger partial charge in [-0.15, -0.1) is 10.2 Å². The van der Waals surface area contributed by atoms with E-state index >= 15 is 0 Å². The lowest BCUT2D eigenvalue weighted by Crippen LogP contribution is -1.71. The Morgan fingerprint density at radius 1 is 1.45 bits per heavy atom. The maximum atomic E-state index is 5.12. The van der Waals surface area contributed by atoms with E-state index < -0.39 is 0 Å². The standard InChI is InChI=1S/C6H5N3O2/c1-4-7-2-5(11-4)6-9-8-3-10-6/h2-3H,1H3. The van der Waals surface area contributed by atoms with Crippen molar-refractivity contribution < 1.29 is 8.83 Å². The monoisotopic (exact) mass is 151 g/mol. The molecule has 0 fully saturated rings. The number of hydrogen-bond donors (Lipinski definition) is 0. The molecule has 2 aromatic heterocycles. The molecule has 0 N–H and O–H groups in total. The lowest BCUT2D eigenvalue weighted by Gasteiger charge is -1.81. The van der Waals surface area contributed by atoms with Gasteiger partial charge in [-0.05, 0) is 0 Å². The molecule has 5 heteroatoms. The number of oxazole rings is 1. The lowest BCUT2D eigenvalue weighted by atomic mass is 10.5. The average molecular weight is 151 g/mol. The van der Waals surface area contributed by atoms with E-state index in [1.54, 1.807) is 13.1 Å². The van der Waals surface area contributed by atoms with Crippen LogP contribution in [0.2, 0.25) is 0 Å². The second-order valence-corrected chi connectivity index (χ2v) is 1.99. The predicted octanol–water partition coefficient (Wildman–Crippen LogP) is 1.03. The fourth-order valence-electron chi connectivity index (χ4n) is 0.741. The molecular formula is C6H5N3O2. The topological polar surface area (TPSA) is 65.0 Å². The molecule has 0 unspecified atom stereocenters. The van der Waals surface area contributed by atoms with Crippen molar-refractivity contribution in [2.24, 2.45) is 0 Å². The molecule has 0 spiro atoms. The Bertz CT molecular complexity index is 338. The predicted molar refractivity (Wildman–Crippen MR) is 34.5 cm³/mol. The van der Waals surface area contributed by atoms with E-state index in [0.717, 1.165) is 0 Å². The quantitative estimate of drug-likeness (QED) is 0.609. The molecular weight excluding hydrogens is 146 g/mol. The van der Waals surface area contributed by atoms with Gasteiger partial charge in [0.05, 0.1) is 6.20 Å². The Labute approximate surface area is 62.1 Å². The fourth-order valence-corrected chi connectivity index (χ4v) is 0.741. The highest BCUT2D eigenvalue weighted by atomic mass is 16.4. The van der Waals surface area contributed by atoms with E-state index in [9.17, 15) is 0 Å². The molecule has 0 aliphatic rings. The lowest BCUT2D eigenvalue weighted by molar-refractivity contribution is 0.494. The molecule has 0 bridgehead atoms. The number of nitrogens with zero attached hydrogens (tertiary/aromatic N) is 3. The highest BCUT2D eigenvalue weighted by molar-refractivity contribution is 5.40. The number of rotatable bonds is 1. The Kier molecular flexibility index (Phi) is 1.21. The van der Waals surface area contributed by atoms with Crippen LogP contribution in [0, 0.1) is 6.92 Å². The van der Waals surface area contributed by atoms with Crippen molar-refractivity contribution in [3.05, 3.63) is 18.5 Å². The van der Waals surface area contributed by atoms with Crippen LogP contribution in [-0.4, -0.2) is 15.2 Å². The van der Waals surface area contributed by atoms with E-state index in [2.05, 4.69) is 15.2 Å². The van der Waals surface area contributed by atoms with Gasteiger partial charge in [0.2, 0.25) is 12.2 Å². The van der Waals surface area contributed by atoms with E-state index in [1.807, 2.05) is 0 Å². The van der Waals surface area contributed by atoms with Crippen molar-refractivity contribution in [2.75, 3.05) is 0 Å². The van der Waals surface area contributed by atoms with Crippen LogP contribution in [0.1, 0.15) is 5.89 Å². The zero-order valence-electron chi connectivity index (χ0n) is 5.81. The summed E-state index contributed by atoms with van der Waals surface area (Å²) in [5.41, 5.74) is 0. The van der Waals surface area contributed by atoms with Crippen LogP contribution in [0.3, 0.4) is 0 Å². The molecule has 2 aromatic rings. The first-order valence-corrected chi connectivity index (χ1v) is 3.05. The van der Waals surface area contributed by atoms with Crippen LogP contribution in [0.4, 0.5) is 0 Å². The third-order valence-electron chi connectivity index (χ3n) is 1.19. The van der Waals surface area contributed by atoms with E-state index in [4.69, 9.17) is 8.83 Å². The minimum atomic E-state index is 0.352. The van der Waals surface area contributed by atoms with Gasteiger partial charge in [0.1, 0.15) is 0 Å². The number of aromatic nitrogens is 3. The Balaban J connectivity index is 2.45. The first kappa shape index (κ1) is 6.09. The average Bonchev–Trinajstić information content (AvgIpc) is 2.55. The highest BCUT2D eigenvalue weighted by Gasteiger charge is 2.07. The highest BCUT2D eigenvalue weighted by Crippen LogP contribution is 2.15. The molecule has 0 saturated carbocycles. The van der Waals surface area contributed by atoms with Gasteiger partial charge in [0.25, 0.3) is 5.89 Å². The molecule has 0 aliphatic heterocycles. The second-order valence-electron chi connectivity index (χ2n) is 1.99. The van der Waals surface area contributed by atoms with Gasteiger partial charge in [-0.1, -0.05) is 0 Å². The summed E-state index contributed by atoms with van der Waals surface area (Å²) in [6, 6.07) is 0. The summed E-state index contributed by atoms with van der Waals surface area (Å²) in [7, 11) is 0. The fraction of sp³-hybridized carbons (Fsp3) is 0.167. The molecule has 11 heavy (non-hydrogen) atoms. The van der Waals surface area contributed by atoms with E-state index in [1.165, 1.54) is 6.39 Å². The molecule has 56 valence electrons. The summed E-state index contributed by atoms with van der Waals surface area (Å²) in [6.45, 7) is 1.75. The van der Waals surface area contributed by atoms with Crippen LogP contribution in [0.5, 0.6) is 0 Å². The minimum Gasteiger partial charge on any atom is -0.436 e. The molecule has 0 saturated heterocycles.